The number of amides is 1. The predicted octanol–water partition coefficient (Wildman–Crippen LogP) is 4.41. The van der Waals surface area contributed by atoms with E-state index in [1.165, 1.54) is 48.7 Å². The van der Waals surface area contributed by atoms with E-state index in [1.54, 1.807) is 12.1 Å². The molecular weight excluding hydrogens is 377 g/mol. The number of nitrogens with zero attached hydrogens (tertiary/aromatic N) is 2. The van der Waals surface area contributed by atoms with Gasteiger partial charge in [-0.15, -0.1) is 0 Å². The Bertz CT molecular complexity index is 1030. The van der Waals surface area contributed by atoms with Crippen LogP contribution in [0.5, 0.6) is 0 Å². The summed E-state index contributed by atoms with van der Waals surface area (Å²) in [5.41, 5.74) is 2.78. The monoisotopic (exact) mass is 387 g/mol. The number of carbonyl (C=O) groups excluding carboxylic acids is 1. The maximum absolute atomic E-state index is 12.8. The molecule has 0 aliphatic rings. The smallest absolute Gasteiger partial charge is 0.271 e. The molecule has 9 heteroatoms. The molecule has 0 spiro atoms. The fourth-order valence-corrected chi connectivity index (χ4v) is 2.41. The largest absolute Gasteiger partial charge is 0.455 e. The summed E-state index contributed by atoms with van der Waals surface area (Å²) >= 11 is 6.07. The molecule has 3 aromatic rings. The summed E-state index contributed by atoms with van der Waals surface area (Å²) in [4.78, 5) is 22.2. The zero-order valence-electron chi connectivity index (χ0n) is 13.6. The normalized spacial score (nSPS) is 10.9. The number of hydrogen-bond donors (Lipinski definition) is 1. The molecule has 0 bridgehead atoms. The van der Waals surface area contributed by atoms with Crippen molar-refractivity contribution in [1.82, 2.24) is 5.43 Å². The average Bonchev–Trinajstić information content (AvgIpc) is 3.11. The molecule has 0 saturated heterocycles. The van der Waals surface area contributed by atoms with Gasteiger partial charge in [0, 0.05) is 23.3 Å². The van der Waals surface area contributed by atoms with E-state index in [-0.39, 0.29) is 11.3 Å². The second-order valence-electron chi connectivity index (χ2n) is 5.33. The first kappa shape index (κ1) is 18.3. The van der Waals surface area contributed by atoms with Crippen molar-refractivity contribution in [1.29, 1.82) is 0 Å². The van der Waals surface area contributed by atoms with Gasteiger partial charge >= 0.3 is 0 Å². The summed E-state index contributed by atoms with van der Waals surface area (Å²) in [7, 11) is 0. The van der Waals surface area contributed by atoms with E-state index in [4.69, 9.17) is 16.0 Å². The van der Waals surface area contributed by atoms with Gasteiger partial charge < -0.3 is 4.42 Å². The third kappa shape index (κ3) is 4.36. The summed E-state index contributed by atoms with van der Waals surface area (Å²) in [6, 6.07) is 12.1. The number of non-ortho nitro benzene ring substituents is 1. The number of nitrogens with one attached hydrogen (secondary N) is 1. The second kappa shape index (κ2) is 7.79. The maximum atomic E-state index is 12.8. The lowest BCUT2D eigenvalue weighted by molar-refractivity contribution is -0.384. The summed E-state index contributed by atoms with van der Waals surface area (Å²) < 4.78 is 18.4. The van der Waals surface area contributed by atoms with E-state index in [0.29, 0.717) is 22.1 Å². The minimum atomic E-state index is -0.532. The van der Waals surface area contributed by atoms with Crippen LogP contribution in [0.2, 0.25) is 5.02 Å². The molecule has 7 nitrogen and oxygen atoms in total. The number of carbonyl (C=O) groups is 1. The fraction of sp³-hybridized carbons (Fsp3) is 0. The van der Waals surface area contributed by atoms with Gasteiger partial charge in [0.05, 0.1) is 16.2 Å². The minimum absolute atomic E-state index is 0.118. The Morgan fingerprint density at radius 2 is 1.93 bits per heavy atom. The third-order valence-electron chi connectivity index (χ3n) is 3.52. The van der Waals surface area contributed by atoms with Gasteiger partial charge in [-0.3, -0.25) is 14.9 Å². The molecule has 2 aromatic carbocycles. The molecule has 0 aliphatic heterocycles. The van der Waals surface area contributed by atoms with Gasteiger partial charge in [0.15, 0.2) is 0 Å². The highest BCUT2D eigenvalue weighted by atomic mass is 35.5. The van der Waals surface area contributed by atoms with Crippen molar-refractivity contribution in [2.24, 2.45) is 5.10 Å². The Kier molecular flexibility index (Phi) is 5.28. The Labute approximate surface area is 157 Å². The highest BCUT2D eigenvalue weighted by molar-refractivity contribution is 6.33. The summed E-state index contributed by atoms with van der Waals surface area (Å²) in [6.45, 7) is 0. The molecule has 136 valence electrons. The van der Waals surface area contributed by atoms with E-state index < -0.39 is 16.6 Å². The van der Waals surface area contributed by atoms with Crippen molar-refractivity contribution in [3.05, 3.63) is 86.9 Å². The van der Waals surface area contributed by atoms with Gasteiger partial charge in [-0.2, -0.15) is 5.10 Å². The summed E-state index contributed by atoms with van der Waals surface area (Å²) in [5, 5.41) is 14.9. The molecule has 3 rings (SSSR count). The van der Waals surface area contributed by atoms with Crippen molar-refractivity contribution in [3.63, 3.8) is 0 Å². The number of nitro groups is 1. The maximum Gasteiger partial charge on any atom is 0.271 e. The molecule has 1 amide bonds. The zero-order chi connectivity index (χ0) is 19.4. The molecule has 0 unspecified atom stereocenters. The predicted molar refractivity (Wildman–Crippen MR) is 97.3 cm³/mol. The molecule has 0 aliphatic carbocycles. The molecule has 0 atom stereocenters. The standard InChI is InChI=1S/C18H11ClFN3O4/c19-16-7-5-13(23(25)26)9-15(16)17-8-6-14(27-17)10-21-22-18(24)11-1-3-12(20)4-2-11/h1-10H,(H,22,24). The molecule has 0 saturated carbocycles. The molecule has 27 heavy (non-hydrogen) atoms. The number of halogens is 2. The molecule has 0 radical (unpaired) electrons. The van der Waals surface area contributed by atoms with Crippen LogP contribution >= 0.6 is 11.6 Å². The zero-order valence-corrected chi connectivity index (χ0v) is 14.3. The summed E-state index contributed by atoms with van der Waals surface area (Å²) in [6.07, 6.45) is 1.26. The first-order chi connectivity index (χ1) is 12.9. The van der Waals surface area contributed by atoms with Gasteiger partial charge in [0.1, 0.15) is 17.3 Å². The van der Waals surface area contributed by atoms with E-state index in [0.717, 1.165) is 0 Å². The van der Waals surface area contributed by atoms with Crippen molar-refractivity contribution in [2.45, 2.75) is 0 Å². The van der Waals surface area contributed by atoms with Crippen LogP contribution in [0.25, 0.3) is 11.3 Å². The van der Waals surface area contributed by atoms with Crippen molar-refractivity contribution >= 4 is 29.4 Å². The fourth-order valence-electron chi connectivity index (χ4n) is 2.20. The molecule has 1 aromatic heterocycles. The number of benzene rings is 2. The topological polar surface area (TPSA) is 97.7 Å². The van der Waals surface area contributed by atoms with E-state index in [2.05, 4.69) is 10.5 Å². The van der Waals surface area contributed by atoms with Crippen LogP contribution in [0.4, 0.5) is 10.1 Å². The van der Waals surface area contributed by atoms with Crippen LogP contribution in [-0.4, -0.2) is 17.0 Å². The Morgan fingerprint density at radius 3 is 2.63 bits per heavy atom. The van der Waals surface area contributed by atoms with Crippen LogP contribution in [0.15, 0.2) is 64.1 Å². The first-order valence-electron chi connectivity index (χ1n) is 7.57. The van der Waals surface area contributed by atoms with Gasteiger partial charge in [-0.1, -0.05) is 11.6 Å². The molecular formula is C18H11ClFN3O4. The van der Waals surface area contributed by atoms with E-state index >= 15 is 0 Å². The SMILES string of the molecule is O=C(NN=Cc1ccc(-c2cc([N+](=O)[O-])ccc2Cl)o1)c1ccc(F)cc1. The lowest BCUT2D eigenvalue weighted by atomic mass is 10.1. The van der Waals surface area contributed by atoms with Gasteiger partial charge in [-0.05, 0) is 42.5 Å². The van der Waals surface area contributed by atoms with E-state index in [1.807, 2.05) is 0 Å². The van der Waals surface area contributed by atoms with Crippen LogP contribution in [0.1, 0.15) is 16.1 Å². The average molecular weight is 388 g/mol. The molecule has 0 fully saturated rings. The van der Waals surface area contributed by atoms with Crippen molar-refractivity contribution in [2.75, 3.05) is 0 Å². The van der Waals surface area contributed by atoms with Gasteiger partial charge in [0.2, 0.25) is 0 Å². The molecule has 1 N–H and O–H groups in total. The summed E-state index contributed by atoms with van der Waals surface area (Å²) in [5.74, 6) is -0.347. The highest BCUT2D eigenvalue weighted by Crippen LogP contribution is 2.32. The van der Waals surface area contributed by atoms with Crippen LogP contribution in [-0.2, 0) is 0 Å². The first-order valence-corrected chi connectivity index (χ1v) is 7.95. The number of hydrogen-bond acceptors (Lipinski definition) is 5. The highest BCUT2D eigenvalue weighted by Gasteiger charge is 2.14. The Balaban J connectivity index is 1.72. The van der Waals surface area contributed by atoms with Crippen LogP contribution < -0.4 is 5.43 Å². The Hall–Kier alpha value is -3.52. The lowest BCUT2D eigenvalue weighted by Gasteiger charge is -2.00. The number of hydrazone groups is 1. The third-order valence-corrected chi connectivity index (χ3v) is 3.85. The van der Waals surface area contributed by atoms with Crippen molar-refractivity contribution in [3.8, 4) is 11.3 Å². The minimum Gasteiger partial charge on any atom is -0.455 e. The van der Waals surface area contributed by atoms with E-state index in [9.17, 15) is 19.3 Å². The molecule has 1 heterocycles. The van der Waals surface area contributed by atoms with Gasteiger partial charge in [-0.25, -0.2) is 9.82 Å². The van der Waals surface area contributed by atoms with Crippen LogP contribution in [0.3, 0.4) is 0 Å². The van der Waals surface area contributed by atoms with Crippen LogP contribution in [0, 0.1) is 15.9 Å². The van der Waals surface area contributed by atoms with Crippen molar-refractivity contribution < 1.29 is 18.5 Å². The van der Waals surface area contributed by atoms with Gasteiger partial charge in [0.25, 0.3) is 11.6 Å². The number of rotatable bonds is 5. The number of furan rings is 1. The Morgan fingerprint density at radius 1 is 1.19 bits per heavy atom. The second-order valence-corrected chi connectivity index (χ2v) is 5.74. The number of nitro benzene ring substituents is 1. The quantitative estimate of drug-likeness (QED) is 0.398. The lowest BCUT2D eigenvalue weighted by Crippen LogP contribution is -2.17.